The Morgan fingerprint density at radius 3 is 3.00 bits per heavy atom. The molecular formula is C13H20N2O3S. The van der Waals surface area contributed by atoms with Gasteiger partial charge in [0.2, 0.25) is 5.91 Å². The number of aromatic nitrogens is 1. The van der Waals surface area contributed by atoms with Crippen molar-refractivity contribution in [2.45, 2.75) is 38.5 Å². The van der Waals surface area contributed by atoms with Crippen molar-refractivity contribution < 1.29 is 14.4 Å². The summed E-state index contributed by atoms with van der Waals surface area (Å²) in [6.07, 6.45) is 1.91. The van der Waals surface area contributed by atoms with Crippen LogP contribution in [0.2, 0.25) is 0 Å². The van der Waals surface area contributed by atoms with E-state index in [0.29, 0.717) is 5.75 Å². The van der Waals surface area contributed by atoms with Gasteiger partial charge in [0.1, 0.15) is 5.76 Å². The minimum Gasteiger partial charge on any atom is -0.394 e. The van der Waals surface area contributed by atoms with Crippen molar-refractivity contribution >= 4 is 17.7 Å². The van der Waals surface area contributed by atoms with Crippen molar-refractivity contribution in [3.8, 4) is 0 Å². The predicted molar refractivity (Wildman–Crippen MR) is 74.0 cm³/mol. The number of aliphatic hydroxyl groups excluding tert-OH is 1. The maximum absolute atomic E-state index is 12.1. The molecule has 2 heterocycles. The van der Waals surface area contributed by atoms with Gasteiger partial charge in [-0.1, -0.05) is 5.16 Å². The molecule has 0 aromatic carbocycles. The summed E-state index contributed by atoms with van der Waals surface area (Å²) in [5, 5.41) is 13.1. The molecule has 0 bridgehead atoms. The third kappa shape index (κ3) is 3.30. The molecule has 0 aliphatic carbocycles. The number of hydrogen-bond acceptors (Lipinski definition) is 5. The molecule has 0 spiro atoms. The van der Waals surface area contributed by atoms with Gasteiger partial charge >= 0.3 is 0 Å². The fourth-order valence-electron chi connectivity index (χ4n) is 2.39. The Bertz CT molecular complexity index is 428. The van der Waals surface area contributed by atoms with Crippen molar-refractivity contribution in [2.24, 2.45) is 0 Å². The van der Waals surface area contributed by atoms with Crippen molar-refractivity contribution in [3.05, 3.63) is 17.0 Å². The highest BCUT2D eigenvalue weighted by molar-refractivity contribution is 7.99. The number of nitrogens with zero attached hydrogens (tertiary/aromatic N) is 2. The standard InChI is InChI=1S/C13H20N2O3S/c1-9-12(10(2)18-14-9)7-19-8-13(17)15-5-3-4-11(15)6-16/h11,16H,3-8H2,1-2H3/t11-/m0/s1. The molecule has 0 radical (unpaired) electrons. The first kappa shape index (κ1) is 14.4. The van der Waals surface area contributed by atoms with E-state index < -0.39 is 0 Å². The quantitative estimate of drug-likeness (QED) is 0.887. The fraction of sp³-hybridized carbons (Fsp3) is 0.692. The molecule has 106 valence electrons. The van der Waals surface area contributed by atoms with E-state index in [2.05, 4.69) is 5.16 Å². The molecule has 6 heteroatoms. The second-order valence-electron chi connectivity index (χ2n) is 4.86. The Morgan fingerprint density at radius 2 is 2.37 bits per heavy atom. The first-order valence-electron chi connectivity index (χ1n) is 6.53. The molecule has 1 aliphatic rings. The lowest BCUT2D eigenvalue weighted by atomic mass is 10.2. The van der Waals surface area contributed by atoms with E-state index >= 15 is 0 Å². The number of amides is 1. The second kappa shape index (κ2) is 6.43. The van der Waals surface area contributed by atoms with E-state index in [1.807, 2.05) is 13.8 Å². The minimum atomic E-state index is 0.0205. The zero-order chi connectivity index (χ0) is 13.8. The average molecular weight is 284 g/mol. The summed E-state index contributed by atoms with van der Waals surface area (Å²) in [4.78, 5) is 13.9. The SMILES string of the molecule is Cc1noc(C)c1CSCC(=O)N1CCC[C@H]1CO. The lowest BCUT2D eigenvalue weighted by molar-refractivity contribution is -0.129. The smallest absolute Gasteiger partial charge is 0.232 e. The van der Waals surface area contributed by atoms with Crippen molar-refractivity contribution in [1.29, 1.82) is 0 Å². The van der Waals surface area contributed by atoms with Crippen LogP contribution in [-0.2, 0) is 10.5 Å². The molecule has 1 aromatic rings. The van der Waals surface area contributed by atoms with Crippen LogP contribution in [0.5, 0.6) is 0 Å². The lowest BCUT2D eigenvalue weighted by Gasteiger charge is -2.22. The molecule has 1 saturated heterocycles. The molecule has 1 atom stereocenters. The van der Waals surface area contributed by atoms with Gasteiger partial charge in [0.25, 0.3) is 0 Å². The predicted octanol–water partition coefficient (Wildman–Crippen LogP) is 1.51. The monoisotopic (exact) mass is 284 g/mol. The van der Waals surface area contributed by atoms with Crippen LogP contribution < -0.4 is 0 Å². The molecule has 5 nitrogen and oxygen atoms in total. The Morgan fingerprint density at radius 1 is 1.58 bits per heavy atom. The Hall–Kier alpha value is -1.01. The first-order chi connectivity index (χ1) is 9.13. The van der Waals surface area contributed by atoms with Crippen LogP contribution in [0.15, 0.2) is 4.52 Å². The van der Waals surface area contributed by atoms with Crippen LogP contribution in [0.1, 0.15) is 29.9 Å². The van der Waals surface area contributed by atoms with Gasteiger partial charge in [0, 0.05) is 17.9 Å². The van der Waals surface area contributed by atoms with Gasteiger partial charge in [-0.25, -0.2) is 0 Å². The van der Waals surface area contributed by atoms with Gasteiger partial charge in [-0.05, 0) is 26.7 Å². The maximum Gasteiger partial charge on any atom is 0.232 e. The highest BCUT2D eigenvalue weighted by Gasteiger charge is 2.27. The van der Waals surface area contributed by atoms with E-state index in [1.165, 1.54) is 0 Å². The zero-order valence-corrected chi connectivity index (χ0v) is 12.2. The number of likely N-dealkylation sites (tertiary alicyclic amines) is 1. The third-order valence-corrected chi connectivity index (χ3v) is 4.51. The van der Waals surface area contributed by atoms with Gasteiger partial charge in [0.15, 0.2) is 0 Å². The van der Waals surface area contributed by atoms with Gasteiger partial charge < -0.3 is 14.5 Å². The number of carbonyl (C=O) groups excluding carboxylic acids is 1. The maximum atomic E-state index is 12.1. The molecule has 19 heavy (non-hydrogen) atoms. The van der Waals surface area contributed by atoms with E-state index in [9.17, 15) is 9.90 Å². The minimum absolute atomic E-state index is 0.0205. The molecule has 1 fully saturated rings. The molecule has 0 unspecified atom stereocenters. The summed E-state index contributed by atoms with van der Waals surface area (Å²) in [7, 11) is 0. The Labute approximate surface area is 117 Å². The number of hydrogen-bond donors (Lipinski definition) is 1. The number of carbonyl (C=O) groups is 1. The Balaban J connectivity index is 1.81. The summed E-state index contributed by atoms with van der Waals surface area (Å²) in [6.45, 7) is 4.65. The highest BCUT2D eigenvalue weighted by Crippen LogP contribution is 2.22. The van der Waals surface area contributed by atoms with Crippen LogP contribution >= 0.6 is 11.8 Å². The molecule has 0 saturated carbocycles. The van der Waals surface area contributed by atoms with Crippen LogP contribution in [0.4, 0.5) is 0 Å². The van der Waals surface area contributed by atoms with E-state index in [1.54, 1.807) is 16.7 Å². The van der Waals surface area contributed by atoms with Crippen molar-refractivity contribution in [2.75, 3.05) is 18.9 Å². The lowest BCUT2D eigenvalue weighted by Crippen LogP contribution is -2.38. The summed E-state index contributed by atoms with van der Waals surface area (Å²) >= 11 is 1.57. The van der Waals surface area contributed by atoms with Crippen molar-refractivity contribution in [3.63, 3.8) is 0 Å². The summed E-state index contributed by atoms with van der Waals surface area (Å²) in [5.74, 6) is 2.13. The van der Waals surface area contributed by atoms with Crippen LogP contribution in [0.25, 0.3) is 0 Å². The Kier molecular flexibility index (Phi) is 4.87. The van der Waals surface area contributed by atoms with Gasteiger partial charge in [-0.2, -0.15) is 0 Å². The van der Waals surface area contributed by atoms with Crippen LogP contribution in [0.3, 0.4) is 0 Å². The average Bonchev–Trinajstić information content (AvgIpc) is 2.99. The number of aliphatic hydroxyl groups is 1. The largest absolute Gasteiger partial charge is 0.394 e. The van der Waals surface area contributed by atoms with Crippen LogP contribution in [-0.4, -0.2) is 46.0 Å². The second-order valence-corrected chi connectivity index (χ2v) is 5.85. The highest BCUT2D eigenvalue weighted by atomic mass is 32.2. The van der Waals surface area contributed by atoms with Gasteiger partial charge in [-0.3, -0.25) is 4.79 Å². The van der Waals surface area contributed by atoms with E-state index in [0.717, 1.165) is 42.2 Å². The molecule has 1 aliphatic heterocycles. The fourth-order valence-corrected chi connectivity index (χ4v) is 3.44. The molecule has 1 aromatic heterocycles. The molecule has 1 N–H and O–H groups in total. The van der Waals surface area contributed by atoms with E-state index in [-0.39, 0.29) is 18.6 Å². The summed E-state index contributed by atoms with van der Waals surface area (Å²) in [5.41, 5.74) is 1.98. The topological polar surface area (TPSA) is 66.6 Å². The molecule has 2 rings (SSSR count). The summed E-state index contributed by atoms with van der Waals surface area (Å²) in [6, 6.07) is 0.0205. The number of aryl methyl sites for hydroxylation is 2. The molecule has 1 amide bonds. The normalized spacial score (nSPS) is 19.1. The van der Waals surface area contributed by atoms with Crippen LogP contribution in [0, 0.1) is 13.8 Å². The number of rotatable bonds is 5. The zero-order valence-electron chi connectivity index (χ0n) is 11.4. The van der Waals surface area contributed by atoms with Gasteiger partial charge in [0.05, 0.1) is 24.1 Å². The van der Waals surface area contributed by atoms with E-state index in [4.69, 9.17) is 4.52 Å². The van der Waals surface area contributed by atoms with Gasteiger partial charge in [-0.15, -0.1) is 11.8 Å². The number of thioether (sulfide) groups is 1. The van der Waals surface area contributed by atoms with Crippen molar-refractivity contribution in [1.82, 2.24) is 10.1 Å². The molecular weight excluding hydrogens is 264 g/mol. The summed E-state index contributed by atoms with van der Waals surface area (Å²) < 4.78 is 5.10. The third-order valence-electron chi connectivity index (χ3n) is 3.56. The first-order valence-corrected chi connectivity index (χ1v) is 7.68.